The Morgan fingerprint density at radius 1 is 1.14 bits per heavy atom. The predicted octanol–water partition coefficient (Wildman–Crippen LogP) is 5.23. The highest BCUT2D eigenvalue weighted by molar-refractivity contribution is 7.80. The first-order valence-corrected chi connectivity index (χ1v) is 9.72. The number of thiocarbonyl (C=S) groups is 1. The zero-order valence-corrected chi connectivity index (χ0v) is 17.2. The molecule has 0 aliphatic rings. The number of methoxy groups -OCH3 is 1. The molecule has 0 unspecified atom stereocenters. The van der Waals surface area contributed by atoms with Crippen molar-refractivity contribution in [1.29, 1.82) is 0 Å². The molecule has 3 rings (SSSR count). The summed E-state index contributed by atoms with van der Waals surface area (Å²) in [7, 11) is 1.33. The third-order valence-corrected chi connectivity index (χ3v) is 5.21. The van der Waals surface area contributed by atoms with Gasteiger partial charge in [-0.15, -0.1) is 11.3 Å². The second-order valence-electron chi connectivity index (χ2n) is 6.02. The summed E-state index contributed by atoms with van der Waals surface area (Å²) in [5.41, 5.74) is 2.45. The Morgan fingerprint density at radius 2 is 1.83 bits per heavy atom. The van der Waals surface area contributed by atoms with Crippen molar-refractivity contribution in [3.63, 3.8) is 0 Å². The van der Waals surface area contributed by atoms with Crippen LogP contribution in [0.5, 0.6) is 0 Å². The molecule has 0 amide bonds. The van der Waals surface area contributed by atoms with Gasteiger partial charge < -0.3 is 15.4 Å². The molecular formula is C20H17N3O4S2. The number of ether oxygens (including phenoxy) is 1. The van der Waals surface area contributed by atoms with Crippen LogP contribution in [0.4, 0.5) is 16.4 Å². The van der Waals surface area contributed by atoms with Crippen molar-refractivity contribution in [2.75, 3.05) is 17.7 Å². The highest BCUT2D eigenvalue weighted by Crippen LogP contribution is 2.31. The van der Waals surface area contributed by atoms with E-state index < -0.39 is 10.9 Å². The first kappa shape index (κ1) is 20.4. The fourth-order valence-electron chi connectivity index (χ4n) is 2.74. The number of esters is 1. The number of para-hydroxylation sites is 1. The lowest BCUT2D eigenvalue weighted by Crippen LogP contribution is -2.19. The minimum absolute atomic E-state index is 0.0498. The Hall–Kier alpha value is -3.30. The summed E-state index contributed by atoms with van der Waals surface area (Å²) in [5.74, 6) is -0.437. The van der Waals surface area contributed by atoms with Crippen LogP contribution in [0.3, 0.4) is 0 Å². The fraction of sp³-hybridized carbons (Fsp3) is 0.100. The first-order chi connectivity index (χ1) is 13.9. The van der Waals surface area contributed by atoms with Gasteiger partial charge in [0.2, 0.25) is 0 Å². The third kappa shape index (κ3) is 4.76. The maximum absolute atomic E-state index is 11.9. The van der Waals surface area contributed by atoms with E-state index in [1.807, 2.05) is 6.92 Å². The molecule has 9 heteroatoms. The average Bonchev–Trinajstić information content (AvgIpc) is 3.07. The summed E-state index contributed by atoms with van der Waals surface area (Å²) in [4.78, 5) is 23.6. The SMILES string of the molecule is COC(=O)c1cc(C)sc1NC(=S)Nc1ccc(-c2ccccc2[N+](=O)[O-])cc1. The van der Waals surface area contributed by atoms with Crippen LogP contribution in [0.1, 0.15) is 15.2 Å². The van der Waals surface area contributed by atoms with E-state index in [-0.39, 0.29) is 5.69 Å². The van der Waals surface area contributed by atoms with Gasteiger partial charge in [-0.25, -0.2) is 4.79 Å². The first-order valence-electron chi connectivity index (χ1n) is 8.49. The lowest BCUT2D eigenvalue weighted by Gasteiger charge is -2.11. The minimum Gasteiger partial charge on any atom is -0.465 e. The van der Waals surface area contributed by atoms with Crippen molar-refractivity contribution in [2.45, 2.75) is 6.92 Å². The Kier molecular flexibility index (Phi) is 6.20. The van der Waals surface area contributed by atoms with Gasteiger partial charge in [-0.3, -0.25) is 10.1 Å². The van der Waals surface area contributed by atoms with E-state index in [0.29, 0.717) is 26.9 Å². The lowest BCUT2D eigenvalue weighted by molar-refractivity contribution is -0.384. The molecule has 0 bridgehead atoms. The van der Waals surface area contributed by atoms with Crippen molar-refractivity contribution < 1.29 is 14.5 Å². The van der Waals surface area contributed by atoms with Gasteiger partial charge in [0.25, 0.3) is 5.69 Å². The second kappa shape index (κ2) is 8.80. The predicted molar refractivity (Wildman–Crippen MR) is 119 cm³/mol. The van der Waals surface area contributed by atoms with Crippen molar-refractivity contribution >= 4 is 51.0 Å². The van der Waals surface area contributed by atoms with Gasteiger partial charge in [-0.1, -0.05) is 24.3 Å². The summed E-state index contributed by atoms with van der Waals surface area (Å²) >= 11 is 6.73. The van der Waals surface area contributed by atoms with Crippen molar-refractivity contribution in [2.24, 2.45) is 0 Å². The number of carbonyl (C=O) groups excluding carboxylic acids is 1. The molecule has 2 aromatic carbocycles. The molecule has 7 nitrogen and oxygen atoms in total. The molecule has 148 valence electrons. The van der Waals surface area contributed by atoms with Crippen LogP contribution in [0.25, 0.3) is 11.1 Å². The molecule has 0 fully saturated rings. The summed E-state index contributed by atoms with van der Waals surface area (Å²) in [6.45, 7) is 1.89. The van der Waals surface area contributed by atoms with Crippen molar-refractivity contribution in [3.05, 3.63) is 75.2 Å². The number of thiophene rings is 1. The van der Waals surface area contributed by atoms with E-state index in [4.69, 9.17) is 17.0 Å². The minimum atomic E-state index is -0.437. The molecule has 0 saturated carbocycles. The molecule has 2 N–H and O–H groups in total. The average molecular weight is 428 g/mol. The zero-order chi connectivity index (χ0) is 21.0. The molecule has 0 atom stereocenters. The van der Waals surface area contributed by atoms with E-state index in [9.17, 15) is 14.9 Å². The van der Waals surface area contributed by atoms with Gasteiger partial charge in [-0.2, -0.15) is 0 Å². The number of hydrogen-bond donors (Lipinski definition) is 2. The molecule has 29 heavy (non-hydrogen) atoms. The van der Waals surface area contributed by atoms with Gasteiger partial charge in [0.1, 0.15) is 5.00 Å². The Bertz CT molecular complexity index is 1080. The van der Waals surface area contributed by atoms with Gasteiger partial charge in [0.05, 0.1) is 23.2 Å². The number of nitro groups is 1. The number of nitro benzene ring substituents is 1. The van der Waals surface area contributed by atoms with Crippen LogP contribution < -0.4 is 10.6 Å². The number of aryl methyl sites for hydroxylation is 1. The van der Waals surface area contributed by atoms with Gasteiger partial charge in [-0.05, 0) is 49.0 Å². The maximum atomic E-state index is 11.9. The van der Waals surface area contributed by atoms with Crippen LogP contribution in [0.2, 0.25) is 0 Å². The number of nitrogens with one attached hydrogen (secondary N) is 2. The van der Waals surface area contributed by atoms with E-state index in [2.05, 4.69) is 10.6 Å². The van der Waals surface area contributed by atoms with Gasteiger partial charge >= 0.3 is 5.97 Å². The van der Waals surface area contributed by atoms with Gasteiger partial charge in [0.15, 0.2) is 5.11 Å². The molecule has 3 aromatic rings. The molecule has 1 heterocycles. The fourth-order valence-corrected chi connectivity index (χ4v) is 3.93. The molecule has 0 spiro atoms. The van der Waals surface area contributed by atoms with Crippen molar-refractivity contribution in [3.8, 4) is 11.1 Å². The van der Waals surface area contributed by atoms with Crippen LogP contribution >= 0.6 is 23.6 Å². The Labute approximate surface area is 176 Å². The highest BCUT2D eigenvalue weighted by atomic mass is 32.1. The van der Waals surface area contributed by atoms with Crippen LogP contribution in [-0.4, -0.2) is 23.1 Å². The quantitative estimate of drug-likeness (QED) is 0.249. The molecule has 0 saturated heterocycles. The maximum Gasteiger partial charge on any atom is 0.340 e. The summed E-state index contributed by atoms with van der Waals surface area (Å²) < 4.78 is 4.79. The number of rotatable bonds is 5. The monoisotopic (exact) mass is 427 g/mol. The summed E-state index contributed by atoms with van der Waals surface area (Å²) in [6, 6.07) is 15.4. The molecule has 0 radical (unpaired) electrons. The van der Waals surface area contributed by atoms with E-state index >= 15 is 0 Å². The summed E-state index contributed by atoms with van der Waals surface area (Å²) in [5, 5.41) is 18.2. The largest absolute Gasteiger partial charge is 0.465 e. The van der Waals surface area contributed by atoms with Crippen LogP contribution in [-0.2, 0) is 4.74 Å². The highest BCUT2D eigenvalue weighted by Gasteiger charge is 2.17. The number of nitrogens with zero attached hydrogens (tertiary/aromatic N) is 1. The number of hydrogen-bond acceptors (Lipinski definition) is 6. The topological polar surface area (TPSA) is 93.5 Å². The number of anilines is 2. The molecule has 1 aromatic heterocycles. The van der Waals surface area contributed by atoms with E-state index in [1.54, 1.807) is 48.5 Å². The Balaban J connectivity index is 1.73. The Morgan fingerprint density at radius 3 is 2.48 bits per heavy atom. The normalized spacial score (nSPS) is 10.3. The summed E-state index contributed by atoms with van der Waals surface area (Å²) in [6.07, 6.45) is 0. The molecule has 0 aliphatic carbocycles. The van der Waals surface area contributed by atoms with Gasteiger partial charge in [0, 0.05) is 16.6 Å². The number of benzene rings is 2. The van der Waals surface area contributed by atoms with Crippen LogP contribution in [0.15, 0.2) is 54.6 Å². The zero-order valence-electron chi connectivity index (χ0n) is 15.6. The standard InChI is InChI=1S/C20H17N3O4S2/c1-12-11-16(19(24)27-2)18(29-12)22-20(28)21-14-9-7-13(8-10-14)15-5-3-4-6-17(15)23(25)26/h3-11H,1-2H3,(H2,21,22,28). The number of carbonyl (C=O) groups is 1. The van der Waals surface area contributed by atoms with Crippen molar-refractivity contribution in [1.82, 2.24) is 0 Å². The molecule has 0 aliphatic heterocycles. The van der Waals surface area contributed by atoms with E-state index in [1.165, 1.54) is 24.5 Å². The second-order valence-corrected chi connectivity index (χ2v) is 7.69. The third-order valence-electron chi connectivity index (χ3n) is 4.04. The van der Waals surface area contributed by atoms with E-state index in [0.717, 1.165) is 10.4 Å². The van der Waals surface area contributed by atoms with Crippen LogP contribution in [0, 0.1) is 17.0 Å². The smallest absolute Gasteiger partial charge is 0.340 e. The lowest BCUT2D eigenvalue weighted by atomic mass is 10.0. The molecular weight excluding hydrogens is 410 g/mol.